The molecule has 0 aliphatic carbocycles. The van der Waals surface area contributed by atoms with Gasteiger partial charge in [0, 0.05) is 18.1 Å². The molecule has 0 amide bonds. The Hall–Kier alpha value is -1.62. The molecule has 0 fully saturated rings. The molecule has 0 spiro atoms. The third kappa shape index (κ3) is 2.66. The highest BCUT2D eigenvalue weighted by atomic mass is 32.1. The van der Waals surface area contributed by atoms with Gasteiger partial charge < -0.3 is 10.4 Å². The first-order valence-corrected chi connectivity index (χ1v) is 5.33. The Morgan fingerprint density at radius 3 is 2.67 bits per heavy atom. The Morgan fingerprint density at radius 1 is 1.33 bits per heavy atom. The second-order valence-corrected chi connectivity index (χ2v) is 3.92. The van der Waals surface area contributed by atoms with E-state index in [1.54, 1.807) is 12.1 Å². The molecule has 1 heterocycles. The van der Waals surface area contributed by atoms with Crippen LogP contribution in [-0.4, -0.2) is 14.5 Å². The van der Waals surface area contributed by atoms with Crippen LogP contribution in [0, 0.1) is 6.92 Å². The predicted molar refractivity (Wildman–Crippen MR) is 60.1 cm³/mol. The van der Waals surface area contributed by atoms with Gasteiger partial charge in [-0.05, 0) is 24.6 Å². The maximum absolute atomic E-state index is 9.10. The summed E-state index contributed by atoms with van der Waals surface area (Å²) < 4.78 is 4.07. The number of nitrogens with one attached hydrogen (secondary N) is 1. The Labute approximate surface area is 91.8 Å². The van der Waals surface area contributed by atoms with Gasteiger partial charge in [-0.25, -0.2) is 4.98 Å². The Kier molecular flexibility index (Phi) is 2.82. The smallest absolute Gasteiger partial charge is 0.202 e. The number of rotatable bonds is 3. The highest BCUT2D eigenvalue weighted by Gasteiger charge is 1.99. The van der Waals surface area contributed by atoms with Crippen molar-refractivity contribution < 1.29 is 5.11 Å². The molecule has 0 radical (unpaired) electrons. The Balaban J connectivity index is 1.96. The van der Waals surface area contributed by atoms with E-state index < -0.39 is 0 Å². The van der Waals surface area contributed by atoms with Crippen LogP contribution in [-0.2, 0) is 6.54 Å². The maximum Gasteiger partial charge on any atom is 0.202 e. The van der Waals surface area contributed by atoms with E-state index in [2.05, 4.69) is 14.7 Å². The summed E-state index contributed by atoms with van der Waals surface area (Å²) in [6, 6.07) is 7.08. The molecule has 78 valence electrons. The highest BCUT2D eigenvalue weighted by Crippen LogP contribution is 2.13. The zero-order valence-corrected chi connectivity index (χ0v) is 9.08. The molecule has 2 N–H and O–H groups in total. The number of anilines is 1. The number of hydrogen-bond acceptors (Lipinski definition) is 5. The predicted octanol–water partition coefficient (Wildman–Crippen LogP) is 2.16. The summed E-state index contributed by atoms with van der Waals surface area (Å²) in [5.74, 6) is 1.07. The van der Waals surface area contributed by atoms with Crippen molar-refractivity contribution in [3.63, 3.8) is 0 Å². The molecule has 1 aromatic heterocycles. The zero-order valence-electron chi connectivity index (χ0n) is 8.27. The number of hydrogen-bond donors (Lipinski definition) is 2. The molecule has 0 saturated carbocycles. The standard InChI is InChI=1S/C10H11N3OS/c1-7-12-10(15-13-7)11-6-8-2-4-9(14)5-3-8/h2-5,14H,6H2,1H3,(H,11,12,13). The average Bonchev–Trinajstić information content (AvgIpc) is 2.64. The molecule has 2 aromatic rings. The molecular formula is C10H11N3OS. The fourth-order valence-corrected chi connectivity index (χ4v) is 1.73. The van der Waals surface area contributed by atoms with Crippen molar-refractivity contribution in [3.8, 4) is 5.75 Å². The second kappa shape index (κ2) is 4.27. The van der Waals surface area contributed by atoms with E-state index in [9.17, 15) is 0 Å². The summed E-state index contributed by atoms with van der Waals surface area (Å²) in [5.41, 5.74) is 1.10. The molecular weight excluding hydrogens is 210 g/mol. The fraction of sp³-hybridized carbons (Fsp3) is 0.200. The first-order valence-electron chi connectivity index (χ1n) is 4.56. The van der Waals surface area contributed by atoms with Crippen LogP contribution in [0.5, 0.6) is 5.75 Å². The highest BCUT2D eigenvalue weighted by molar-refractivity contribution is 7.09. The Bertz CT molecular complexity index is 438. The first-order chi connectivity index (χ1) is 7.24. The molecule has 0 bridgehead atoms. The largest absolute Gasteiger partial charge is 0.508 e. The summed E-state index contributed by atoms with van der Waals surface area (Å²) in [4.78, 5) is 4.19. The zero-order chi connectivity index (χ0) is 10.7. The third-order valence-corrected chi connectivity index (χ3v) is 2.67. The van der Waals surface area contributed by atoms with Crippen LogP contribution >= 0.6 is 11.5 Å². The van der Waals surface area contributed by atoms with E-state index >= 15 is 0 Å². The molecule has 4 nitrogen and oxygen atoms in total. The van der Waals surface area contributed by atoms with E-state index in [1.807, 2.05) is 19.1 Å². The summed E-state index contributed by atoms with van der Waals surface area (Å²) in [7, 11) is 0. The topological polar surface area (TPSA) is 58.0 Å². The van der Waals surface area contributed by atoms with E-state index in [4.69, 9.17) is 5.11 Å². The SMILES string of the molecule is Cc1nsc(NCc2ccc(O)cc2)n1. The molecule has 15 heavy (non-hydrogen) atoms. The third-order valence-electron chi connectivity index (χ3n) is 1.91. The van der Waals surface area contributed by atoms with Gasteiger partial charge in [0.25, 0.3) is 0 Å². The Morgan fingerprint density at radius 2 is 2.07 bits per heavy atom. The van der Waals surface area contributed by atoms with Crippen LogP contribution in [0.2, 0.25) is 0 Å². The normalized spacial score (nSPS) is 10.2. The van der Waals surface area contributed by atoms with E-state index in [1.165, 1.54) is 11.5 Å². The van der Waals surface area contributed by atoms with Crippen molar-refractivity contribution in [1.82, 2.24) is 9.36 Å². The summed E-state index contributed by atoms with van der Waals surface area (Å²) in [5, 5.41) is 13.1. The lowest BCUT2D eigenvalue weighted by molar-refractivity contribution is 0.475. The van der Waals surface area contributed by atoms with Crippen molar-refractivity contribution in [2.24, 2.45) is 0 Å². The van der Waals surface area contributed by atoms with Crippen molar-refractivity contribution in [2.45, 2.75) is 13.5 Å². The minimum atomic E-state index is 0.283. The lowest BCUT2D eigenvalue weighted by Crippen LogP contribution is -1.98. The van der Waals surface area contributed by atoms with Gasteiger partial charge in [0.2, 0.25) is 5.13 Å². The maximum atomic E-state index is 9.10. The number of aromatic nitrogens is 2. The monoisotopic (exact) mass is 221 g/mol. The van der Waals surface area contributed by atoms with Gasteiger partial charge in [0.05, 0.1) is 0 Å². The number of aromatic hydroxyl groups is 1. The van der Waals surface area contributed by atoms with Gasteiger partial charge in [-0.2, -0.15) is 4.37 Å². The lowest BCUT2D eigenvalue weighted by Gasteiger charge is -2.01. The molecule has 5 heteroatoms. The lowest BCUT2D eigenvalue weighted by atomic mass is 10.2. The van der Waals surface area contributed by atoms with Crippen molar-refractivity contribution in [1.29, 1.82) is 0 Å². The summed E-state index contributed by atoms with van der Waals surface area (Å²) in [6.07, 6.45) is 0. The summed E-state index contributed by atoms with van der Waals surface area (Å²) in [6.45, 7) is 2.55. The molecule has 0 unspecified atom stereocenters. The number of phenolic OH excluding ortho intramolecular Hbond substituents is 1. The van der Waals surface area contributed by atoms with Crippen LogP contribution in [0.3, 0.4) is 0 Å². The van der Waals surface area contributed by atoms with Crippen LogP contribution in [0.1, 0.15) is 11.4 Å². The van der Waals surface area contributed by atoms with Gasteiger partial charge in [0.1, 0.15) is 11.6 Å². The number of nitrogens with zero attached hydrogens (tertiary/aromatic N) is 2. The van der Waals surface area contributed by atoms with Gasteiger partial charge in [-0.1, -0.05) is 12.1 Å². The summed E-state index contributed by atoms with van der Waals surface area (Å²) >= 11 is 1.35. The molecule has 0 aliphatic heterocycles. The molecule has 0 saturated heterocycles. The van der Waals surface area contributed by atoms with Crippen LogP contribution in [0.15, 0.2) is 24.3 Å². The second-order valence-electron chi connectivity index (χ2n) is 3.17. The minimum absolute atomic E-state index is 0.283. The van der Waals surface area contributed by atoms with Gasteiger partial charge in [-0.15, -0.1) is 0 Å². The average molecular weight is 221 g/mol. The number of phenols is 1. The van der Waals surface area contributed by atoms with Crippen molar-refractivity contribution >= 4 is 16.7 Å². The minimum Gasteiger partial charge on any atom is -0.508 e. The van der Waals surface area contributed by atoms with Gasteiger partial charge >= 0.3 is 0 Å². The van der Waals surface area contributed by atoms with Crippen LogP contribution in [0.4, 0.5) is 5.13 Å². The van der Waals surface area contributed by atoms with Crippen LogP contribution < -0.4 is 5.32 Å². The van der Waals surface area contributed by atoms with Crippen molar-refractivity contribution in [2.75, 3.05) is 5.32 Å². The first kappa shape index (κ1) is 9.92. The van der Waals surface area contributed by atoms with Crippen LogP contribution in [0.25, 0.3) is 0 Å². The number of benzene rings is 1. The van der Waals surface area contributed by atoms with E-state index in [-0.39, 0.29) is 5.75 Å². The fourth-order valence-electron chi connectivity index (χ4n) is 1.16. The molecule has 0 aliphatic rings. The molecule has 1 aromatic carbocycles. The number of aryl methyl sites for hydroxylation is 1. The molecule has 2 rings (SSSR count). The van der Waals surface area contributed by atoms with Crippen molar-refractivity contribution in [3.05, 3.63) is 35.7 Å². The van der Waals surface area contributed by atoms with Gasteiger partial charge in [-0.3, -0.25) is 0 Å². The molecule has 0 atom stereocenters. The van der Waals surface area contributed by atoms with E-state index in [0.717, 1.165) is 16.5 Å². The quantitative estimate of drug-likeness (QED) is 0.834. The van der Waals surface area contributed by atoms with E-state index in [0.29, 0.717) is 6.54 Å². The van der Waals surface area contributed by atoms with Gasteiger partial charge in [0.15, 0.2) is 0 Å².